The Kier molecular flexibility index (Phi) is 6.64. The average molecular weight is 396 g/mol. The fraction of sp³-hybridized carbons (Fsp3) is 0.778. The number of aromatic nitrogens is 2. The van der Waals surface area contributed by atoms with Gasteiger partial charge in [-0.1, -0.05) is 25.2 Å². The predicted octanol–water partition coefficient (Wildman–Crippen LogP) is 2.89. The molecular weight excluding hydrogens is 366 g/mol. The first-order chi connectivity index (χ1) is 13.0. The molecule has 0 aromatic carbocycles. The van der Waals surface area contributed by atoms with Crippen LogP contribution < -0.4 is 10.6 Å². The quantitative estimate of drug-likeness (QED) is 0.562. The number of urea groups is 1. The molecule has 2 fully saturated rings. The monoisotopic (exact) mass is 395 g/mol. The summed E-state index contributed by atoms with van der Waals surface area (Å²) in [7, 11) is 0. The molecule has 2 amide bonds. The van der Waals surface area contributed by atoms with Gasteiger partial charge in [0.2, 0.25) is 5.13 Å². The Labute approximate surface area is 163 Å². The van der Waals surface area contributed by atoms with Gasteiger partial charge in [0.1, 0.15) is 5.01 Å². The van der Waals surface area contributed by atoms with Gasteiger partial charge >= 0.3 is 12.0 Å². The molecule has 0 saturated heterocycles. The summed E-state index contributed by atoms with van der Waals surface area (Å²) in [5, 5.41) is 24.6. The van der Waals surface area contributed by atoms with Crippen LogP contribution in [0.5, 0.6) is 0 Å². The molecule has 1 heterocycles. The molecule has 2 aliphatic rings. The van der Waals surface area contributed by atoms with Crippen molar-refractivity contribution < 1.29 is 14.7 Å². The van der Waals surface area contributed by atoms with E-state index in [1.807, 2.05) is 0 Å². The van der Waals surface area contributed by atoms with Crippen LogP contribution >= 0.6 is 11.3 Å². The van der Waals surface area contributed by atoms with E-state index in [1.165, 1.54) is 24.2 Å². The number of hydrogen-bond acceptors (Lipinski definition) is 6. The van der Waals surface area contributed by atoms with Crippen LogP contribution in [-0.4, -0.2) is 57.4 Å². The summed E-state index contributed by atoms with van der Waals surface area (Å²) in [6.07, 6.45) is 6.01. The van der Waals surface area contributed by atoms with Gasteiger partial charge in [-0.15, -0.1) is 10.2 Å². The molecule has 0 spiro atoms. The standard InChI is InChI=1S/C18H29N5O3S/c1-3-12(4-2)16-21-22-18(27-16)20-17(26)19-13-7-14(8-13)23(10-15(24)25)9-11-5-6-11/h11-14H,3-10H2,1-2H3,(H,24,25)(H2,19,20,22,26). The number of nitrogens with one attached hydrogen (secondary N) is 2. The first kappa shape index (κ1) is 20.0. The zero-order valence-corrected chi connectivity index (χ0v) is 16.8. The average Bonchev–Trinajstić information content (AvgIpc) is 3.28. The number of aliphatic carboxylic acids is 1. The van der Waals surface area contributed by atoms with E-state index in [1.54, 1.807) is 0 Å². The number of carboxylic acid groups (broad SMARTS) is 1. The van der Waals surface area contributed by atoms with E-state index in [-0.39, 0.29) is 24.7 Å². The Hall–Kier alpha value is -1.74. The van der Waals surface area contributed by atoms with Gasteiger partial charge in [0.05, 0.1) is 6.54 Å². The Morgan fingerprint density at radius 2 is 1.96 bits per heavy atom. The highest BCUT2D eigenvalue weighted by Gasteiger charge is 2.37. The van der Waals surface area contributed by atoms with E-state index in [0.29, 0.717) is 17.0 Å². The minimum absolute atomic E-state index is 0.0805. The second kappa shape index (κ2) is 8.97. The number of carboxylic acids is 1. The third kappa shape index (κ3) is 5.62. The molecule has 3 N–H and O–H groups in total. The molecular formula is C18H29N5O3S. The number of rotatable bonds is 10. The van der Waals surface area contributed by atoms with Crippen LogP contribution in [0.1, 0.15) is 63.3 Å². The second-order valence-corrected chi connectivity index (χ2v) is 8.66. The van der Waals surface area contributed by atoms with E-state index in [9.17, 15) is 9.59 Å². The number of carbonyl (C=O) groups is 2. The van der Waals surface area contributed by atoms with Gasteiger partial charge < -0.3 is 10.4 Å². The van der Waals surface area contributed by atoms with E-state index in [4.69, 9.17) is 5.11 Å². The lowest BCUT2D eigenvalue weighted by Crippen LogP contribution is -2.55. The van der Waals surface area contributed by atoms with Gasteiger partial charge in [0.25, 0.3) is 0 Å². The van der Waals surface area contributed by atoms with Crippen LogP contribution in [0.15, 0.2) is 0 Å². The largest absolute Gasteiger partial charge is 0.480 e. The predicted molar refractivity (Wildman–Crippen MR) is 104 cm³/mol. The van der Waals surface area contributed by atoms with Crippen LogP contribution in [0.4, 0.5) is 9.93 Å². The molecule has 0 radical (unpaired) electrons. The number of anilines is 1. The topological polar surface area (TPSA) is 107 Å². The molecule has 3 rings (SSSR count). The number of hydrogen-bond donors (Lipinski definition) is 3. The zero-order chi connectivity index (χ0) is 19.4. The van der Waals surface area contributed by atoms with Gasteiger partial charge in [-0.05, 0) is 44.4 Å². The highest BCUT2D eigenvalue weighted by atomic mass is 32.1. The highest BCUT2D eigenvalue weighted by molar-refractivity contribution is 7.15. The van der Waals surface area contributed by atoms with Crippen LogP contribution in [0.25, 0.3) is 0 Å². The van der Waals surface area contributed by atoms with Crippen molar-refractivity contribution in [2.24, 2.45) is 5.92 Å². The van der Waals surface area contributed by atoms with E-state index < -0.39 is 5.97 Å². The van der Waals surface area contributed by atoms with Crippen molar-refractivity contribution in [3.8, 4) is 0 Å². The highest BCUT2D eigenvalue weighted by Crippen LogP contribution is 2.34. The molecule has 1 aromatic heterocycles. The Morgan fingerprint density at radius 3 is 2.56 bits per heavy atom. The van der Waals surface area contributed by atoms with Crippen molar-refractivity contribution in [1.82, 2.24) is 20.4 Å². The smallest absolute Gasteiger partial charge is 0.321 e. The zero-order valence-electron chi connectivity index (χ0n) is 16.0. The fourth-order valence-corrected chi connectivity index (χ4v) is 4.56. The van der Waals surface area contributed by atoms with Crippen LogP contribution in [0.3, 0.4) is 0 Å². The SMILES string of the molecule is CCC(CC)c1nnc(NC(=O)NC2CC(N(CC(=O)O)CC3CC3)C2)s1. The third-order valence-corrected chi connectivity index (χ3v) is 6.49. The van der Waals surface area contributed by atoms with Crippen molar-refractivity contribution in [3.05, 3.63) is 5.01 Å². The molecule has 1 aromatic rings. The van der Waals surface area contributed by atoms with Gasteiger partial charge in [-0.25, -0.2) is 4.79 Å². The summed E-state index contributed by atoms with van der Waals surface area (Å²) in [5.41, 5.74) is 0. The summed E-state index contributed by atoms with van der Waals surface area (Å²) in [6.45, 7) is 5.20. The van der Waals surface area contributed by atoms with Gasteiger partial charge in [-0.2, -0.15) is 0 Å². The molecule has 0 unspecified atom stereocenters. The molecule has 150 valence electrons. The number of carbonyl (C=O) groups excluding carboxylic acids is 1. The summed E-state index contributed by atoms with van der Waals surface area (Å²) in [6, 6.07) is 0.0598. The lowest BCUT2D eigenvalue weighted by Gasteiger charge is -2.42. The maximum atomic E-state index is 12.2. The second-order valence-electron chi connectivity index (χ2n) is 7.65. The molecule has 0 atom stereocenters. The fourth-order valence-electron chi connectivity index (χ4n) is 3.56. The van der Waals surface area contributed by atoms with Crippen LogP contribution in [0, 0.1) is 5.92 Å². The van der Waals surface area contributed by atoms with Gasteiger partial charge in [0, 0.05) is 24.5 Å². The normalized spacial score (nSPS) is 21.9. The lowest BCUT2D eigenvalue weighted by molar-refractivity contribution is -0.139. The minimum atomic E-state index is -0.783. The molecule has 0 aliphatic heterocycles. The van der Waals surface area contributed by atoms with Crippen molar-refractivity contribution >= 4 is 28.5 Å². The molecule has 9 heteroatoms. The Bertz CT molecular complexity index is 653. The summed E-state index contributed by atoms with van der Waals surface area (Å²) in [4.78, 5) is 25.3. The summed E-state index contributed by atoms with van der Waals surface area (Å²) in [5.74, 6) is 0.260. The summed E-state index contributed by atoms with van der Waals surface area (Å²) < 4.78 is 0. The summed E-state index contributed by atoms with van der Waals surface area (Å²) >= 11 is 1.43. The maximum absolute atomic E-state index is 12.2. The van der Waals surface area contributed by atoms with Crippen LogP contribution in [-0.2, 0) is 4.79 Å². The Balaban J connectivity index is 1.42. The van der Waals surface area contributed by atoms with Crippen molar-refractivity contribution in [1.29, 1.82) is 0 Å². The minimum Gasteiger partial charge on any atom is -0.480 e. The van der Waals surface area contributed by atoms with Crippen molar-refractivity contribution in [3.63, 3.8) is 0 Å². The molecule has 2 saturated carbocycles. The molecule has 8 nitrogen and oxygen atoms in total. The maximum Gasteiger partial charge on any atom is 0.321 e. The first-order valence-electron chi connectivity index (χ1n) is 9.85. The number of nitrogens with zero attached hydrogens (tertiary/aromatic N) is 3. The molecule has 2 aliphatic carbocycles. The van der Waals surface area contributed by atoms with E-state index in [0.717, 1.165) is 37.2 Å². The van der Waals surface area contributed by atoms with Gasteiger partial charge in [0.15, 0.2) is 0 Å². The lowest BCUT2D eigenvalue weighted by atomic mass is 9.85. The third-order valence-electron chi connectivity index (χ3n) is 5.49. The van der Waals surface area contributed by atoms with Crippen molar-refractivity contribution in [2.45, 2.75) is 70.4 Å². The van der Waals surface area contributed by atoms with Gasteiger partial charge in [-0.3, -0.25) is 15.0 Å². The Morgan fingerprint density at radius 1 is 1.26 bits per heavy atom. The number of amides is 2. The van der Waals surface area contributed by atoms with E-state index >= 15 is 0 Å². The molecule has 27 heavy (non-hydrogen) atoms. The molecule has 0 bridgehead atoms. The first-order valence-corrected chi connectivity index (χ1v) is 10.7. The van der Waals surface area contributed by atoms with Crippen LogP contribution in [0.2, 0.25) is 0 Å². The van der Waals surface area contributed by atoms with Crippen molar-refractivity contribution in [2.75, 3.05) is 18.4 Å². The van der Waals surface area contributed by atoms with E-state index in [2.05, 4.69) is 39.6 Å².